The van der Waals surface area contributed by atoms with Gasteiger partial charge in [-0.05, 0) is 34.0 Å². The number of hydrogen-bond donors (Lipinski definition) is 0. The second-order valence-electron chi connectivity index (χ2n) is 3.51. The largest absolute Gasteiger partial charge is 0.249 e. The summed E-state index contributed by atoms with van der Waals surface area (Å²) in [5.41, 5.74) is 0.745. The Morgan fingerprint density at radius 3 is 2.69 bits per heavy atom. The van der Waals surface area contributed by atoms with Crippen molar-refractivity contribution in [2.24, 2.45) is 0 Å². The van der Waals surface area contributed by atoms with Crippen molar-refractivity contribution in [2.75, 3.05) is 12.0 Å². The van der Waals surface area contributed by atoms with E-state index in [4.69, 9.17) is 5.26 Å². The molecule has 0 amide bonds. The third kappa shape index (κ3) is 4.29. The van der Waals surface area contributed by atoms with Gasteiger partial charge < -0.3 is 0 Å². The lowest BCUT2D eigenvalue weighted by Gasteiger charge is -2.07. The van der Waals surface area contributed by atoms with E-state index in [1.165, 1.54) is 6.26 Å². The molecule has 86 valence electrons. The van der Waals surface area contributed by atoms with Crippen molar-refractivity contribution >= 4 is 25.8 Å². The van der Waals surface area contributed by atoms with Crippen molar-refractivity contribution in [3.8, 4) is 6.07 Å². The molecule has 1 heterocycles. The van der Waals surface area contributed by atoms with Crippen LogP contribution in [0.3, 0.4) is 0 Å². The highest BCUT2D eigenvalue weighted by Crippen LogP contribution is 2.19. The summed E-state index contributed by atoms with van der Waals surface area (Å²) < 4.78 is 22.7. The normalized spacial score (nSPS) is 13.1. The van der Waals surface area contributed by atoms with Gasteiger partial charge in [0.05, 0.1) is 17.7 Å². The molecule has 0 spiro atoms. The molecule has 0 radical (unpaired) electrons. The molecule has 1 unspecified atom stereocenters. The fraction of sp³-hybridized carbons (Fsp3) is 0.400. The maximum absolute atomic E-state index is 11.0. The van der Waals surface area contributed by atoms with Crippen molar-refractivity contribution in [3.63, 3.8) is 0 Å². The summed E-state index contributed by atoms with van der Waals surface area (Å²) in [6.45, 7) is 0. The van der Waals surface area contributed by atoms with Crippen LogP contribution in [0.25, 0.3) is 0 Å². The molecule has 0 aliphatic rings. The summed E-state index contributed by atoms with van der Waals surface area (Å²) in [5, 5.41) is 8.96. The molecule has 16 heavy (non-hydrogen) atoms. The Kier molecular flexibility index (Phi) is 4.44. The summed E-state index contributed by atoms with van der Waals surface area (Å²) in [4.78, 5) is 4.01. The predicted molar refractivity (Wildman–Crippen MR) is 64.6 cm³/mol. The number of hydrogen-bond acceptors (Lipinski definition) is 4. The highest BCUT2D eigenvalue weighted by atomic mass is 79.9. The molecule has 0 aromatic carbocycles. The zero-order valence-corrected chi connectivity index (χ0v) is 11.1. The number of rotatable bonds is 4. The van der Waals surface area contributed by atoms with Crippen LogP contribution in [-0.2, 0) is 9.84 Å². The van der Waals surface area contributed by atoms with E-state index in [0.29, 0.717) is 11.0 Å². The lowest BCUT2D eigenvalue weighted by molar-refractivity contribution is 0.597. The van der Waals surface area contributed by atoms with Crippen LogP contribution >= 0.6 is 15.9 Å². The van der Waals surface area contributed by atoms with E-state index in [2.05, 4.69) is 27.0 Å². The first-order chi connectivity index (χ1) is 7.42. The topological polar surface area (TPSA) is 70.8 Å². The van der Waals surface area contributed by atoms with Crippen LogP contribution < -0.4 is 0 Å². The van der Waals surface area contributed by atoms with Crippen LogP contribution in [0.5, 0.6) is 0 Å². The number of nitriles is 1. The molecule has 0 aliphatic carbocycles. The number of sulfone groups is 1. The Morgan fingerprint density at radius 2 is 2.25 bits per heavy atom. The summed E-state index contributed by atoms with van der Waals surface area (Å²) in [7, 11) is -3.03. The van der Waals surface area contributed by atoms with E-state index in [-0.39, 0.29) is 5.75 Å². The van der Waals surface area contributed by atoms with Crippen LogP contribution in [0.15, 0.2) is 22.9 Å². The van der Waals surface area contributed by atoms with Crippen LogP contribution in [-0.4, -0.2) is 25.4 Å². The second-order valence-corrected chi connectivity index (χ2v) is 6.59. The first-order valence-corrected chi connectivity index (χ1v) is 7.46. The Hall–Kier alpha value is -0.930. The average molecular weight is 303 g/mol. The smallest absolute Gasteiger partial charge is 0.147 e. The number of pyridine rings is 1. The van der Waals surface area contributed by atoms with Crippen LogP contribution in [0.1, 0.15) is 17.9 Å². The predicted octanol–water partition coefficient (Wildman–Crippen LogP) is 1.89. The van der Waals surface area contributed by atoms with Gasteiger partial charge in [0, 0.05) is 12.5 Å². The first-order valence-electron chi connectivity index (χ1n) is 4.61. The lowest BCUT2D eigenvalue weighted by Crippen LogP contribution is -2.07. The SMILES string of the molecule is CS(=O)(=O)CCC(C#N)c1ccc(Br)nc1. The first kappa shape index (κ1) is 13.1. The molecule has 4 nitrogen and oxygen atoms in total. The molecule has 0 aliphatic heterocycles. The highest BCUT2D eigenvalue weighted by molar-refractivity contribution is 9.10. The van der Waals surface area contributed by atoms with Crippen molar-refractivity contribution in [3.05, 3.63) is 28.5 Å². The van der Waals surface area contributed by atoms with Crippen molar-refractivity contribution in [1.82, 2.24) is 4.98 Å². The summed E-state index contributed by atoms with van der Waals surface area (Å²) in [6.07, 6.45) is 3.06. The van der Waals surface area contributed by atoms with Gasteiger partial charge in [-0.3, -0.25) is 0 Å². The molecule has 0 fully saturated rings. The monoisotopic (exact) mass is 302 g/mol. The van der Waals surface area contributed by atoms with Crippen molar-refractivity contribution in [1.29, 1.82) is 5.26 Å². The molecule has 0 bridgehead atoms. The Bertz CT molecular complexity index is 491. The third-order valence-electron chi connectivity index (χ3n) is 2.09. The van der Waals surface area contributed by atoms with Crippen molar-refractivity contribution < 1.29 is 8.42 Å². The van der Waals surface area contributed by atoms with Gasteiger partial charge in [-0.1, -0.05) is 6.07 Å². The molecule has 6 heteroatoms. The van der Waals surface area contributed by atoms with Gasteiger partial charge >= 0.3 is 0 Å². The fourth-order valence-corrected chi connectivity index (χ4v) is 2.13. The van der Waals surface area contributed by atoms with E-state index >= 15 is 0 Å². The molecular weight excluding hydrogens is 292 g/mol. The Morgan fingerprint density at radius 1 is 1.56 bits per heavy atom. The van der Waals surface area contributed by atoms with E-state index in [0.717, 1.165) is 5.56 Å². The quantitative estimate of drug-likeness (QED) is 0.796. The Balaban J connectivity index is 2.76. The molecule has 0 N–H and O–H groups in total. The average Bonchev–Trinajstić information content (AvgIpc) is 2.20. The second kappa shape index (κ2) is 5.41. The van der Waals surface area contributed by atoms with Gasteiger partial charge in [-0.25, -0.2) is 13.4 Å². The molecule has 1 rings (SSSR count). The molecule has 1 aromatic heterocycles. The van der Waals surface area contributed by atoms with Gasteiger partial charge in [0.25, 0.3) is 0 Å². The van der Waals surface area contributed by atoms with Gasteiger partial charge in [0.2, 0.25) is 0 Å². The lowest BCUT2D eigenvalue weighted by atomic mass is 10.0. The van der Waals surface area contributed by atoms with E-state index in [1.54, 1.807) is 18.3 Å². The van der Waals surface area contributed by atoms with Crippen molar-refractivity contribution in [2.45, 2.75) is 12.3 Å². The highest BCUT2D eigenvalue weighted by Gasteiger charge is 2.14. The van der Waals surface area contributed by atoms with Gasteiger partial charge in [0.1, 0.15) is 14.4 Å². The van der Waals surface area contributed by atoms with Crippen LogP contribution in [0.2, 0.25) is 0 Å². The van der Waals surface area contributed by atoms with Gasteiger partial charge in [-0.15, -0.1) is 0 Å². The number of halogens is 1. The van der Waals surface area contributed by atoms with Crippen LogP contribution in [0, 0.1) is 11.3 Å². The standard InChI is InChI=1S/C10H11BrN2O2S/c1-16(14,15)5-4-8(6-12)9-2-3-10(11)13-7-9/h2-3,7-8H,4-5H2,1H3. The molecule has 1 aromatic rings. The molecule has 1 atom stereocenters. The minimum Gasteiger partial charge on any atom is -0.249 e. The minimum atomic E-state index is -3.03. The third-order valence-corrected chi connectivity index (χ3v) is 3.53. The van der Waals surface area contributed by atoms with E-state index in [9.17, 15) is 8.42 Å². The zero-order valence-electron chi connectivity index (χ0n) is 8.72. The maximum atomic E-state index is 11.0. The van der Waals surface area contributed by atoms with Crippen LogP contribution in [0.4, 0.5) is 0 Å². The molecule has 0 saturated carbocycles. The summed E-state index contributed by atoms with van der Waals surface area (Å²) in [5.74, 6) is -0.406. The molecular formula is C10H11BrN2O2S. The summed E-state index contributed by atoms with van der Waals surface area (Å²) >= 11 is 3.20. The number of aromatic nitrogens is 1. The Labute approximate surface area is 103 Å². The van der Waals surface area contributed by atoms with E-state index in [1.807, 2.05) is 0 Å². The fourth-order valence-electron chi connectivity index (χ4n) is 1.23. The van der Waals surface area contributed by atoms with Gasteiger partial charge in [-0.2, -0.15) is 5.26 Å². The molecule has 0 saturated heterocycles. The summed E-state index contributed by atoms with van der Waals surface area (Å²) in [6, 6.07) is 5.60. The zero-order chi connectivity index (χ0) is 12.2. The number of nitrogens with zero attached hydrogens (tertiary/aromatic N) is 2. The van der Waals surface area contributed by atoms with Gasteiger partial charge in [0.15, 0.2) is 0 Å². The maximum Gasteiger partial charge on any atom is 0.147 e. The minimum absolute atomic E-state index is 0.0152. The van der Waals surface area contributed by atoms with E-state index < -0.39 is 15.8 Å².